The molecule has 0 radical (unpaired) electrons. The summed E-state index contributed by atoms with van der Waals surface area (Å²) in [5.74, 6) is -0.426. The van der Waals surface area contributed by atoms with Crippen molar-refractivity contribution in [1.82, 2.24) is 4.90 Å². The monoisotopic (exact) mass is 266 g/mol. The van der Waals surface area contributed by atoms with Gasteiger partial charge in [0.25, 0.3) is 11.6 Å². The van der Waals surface area contributed by atoms with Crippen molar-refractivity contribution in [3.8, 4) is 0 Å². The van der Waals surface area contributed by atoms with Gasteiger partial charge in [-0.2, -0.15) is 0 Å². The lowest BCUT2D eigenvalue weighted by atomic mass is 10.0. The normalized spacial score (nSPS) is 22.6. The van der Waals surface area contributed by atoms with E-state index in [1.165, 1.54) is 0 Å². The Morgan fingerprint density at radius 2 is 1.95 bits per heavy atom. The van der Waals surface area contributed by atoms with Gasteiger partial charge >= 0.3 is 0 Å². The lowest BCUT2D eigenvalue weighted by Crippen LogP contribution is -2.29. The summed E-state index contributed by atoms with van der Waals surface area (Å²) in [6.45, 7) is 5.15. The molecule has 0 N–H and O–H groups in total. The van der Waals surface area contributed by atoms with Crippen LogP contribution in [-0.2, 0) is 0 Å². The molecule has 1 heterocycles. The summed E-state index contributed by atoms with van der Waals surface area (Å²) in [6, 6.07) is 2.96. The summed E-state index contributed by atoms with van der Waals surface area (Å²) in [6.07, 6.45) is 0. The van der Waals surface area contributed by atoms with Crippen molar-refractivity contribution >= 4 is 11.6 Å². The Bertz CT molecular complexity index is 523. The van der Waals surface area contributed by atoms with Crippen LogP contribution in [0.25, 0.3) is 0 Å². The van der Waals surface area contributed by atoms with E-state index in [1.807, 2.05) is 13.8 Å². The summed E-state index contributed by atoms with van der Waals surface area (Å²) in [5.41, 5.74) is -0.523. The number of hydrogen-bond acceptors (Lipinski definition) is 3. The van der Waals surface area contributed by atoms with E-state index in [2.05, 4.69) is 0 Å². The van der Waals surface area contributed by atoms with Crippen LogP contribution in [-0.4, -0.2) is 28.8 Å². The van der Waals surface area contributed by atoms with Gasteiger partial charge in [0.1, 0.15) is 11.4 Å². The van der Waals surface area contributed by atoms with Gasteiger partial charge in [0, 0.05) is 19.2 Å². The van der Waals surface area contributed by atoms with Gasteiger partial charge in [-0.3, -0.25) is 14.9 Å². The van der Waals surface area contributed by atoms with Gasteiger partial charge in [0.05, 0.1) is 4.92 Å². The molecular formula is C13H15FN2O3. The Hall–Kier alpha value is -1.98. The maximum absolute atomic E-state index is 13.2. The molecule has 0 aliphatic carbocycles. The van der Waals surface area contributed by atoms with Crippen LogP contribution in [0.1, 0.15) is 24.2 Å². The number of likely N-dealkylation sites (tertiary alicyclic amines) is 1. The van der Waals surface area contributed by atoms with E-state index in [-0.39, 0.29) is 11.3 Å². The molecule has 102 valence electrons. The first-order chi connectivity index (χ1) is 8.90. The third-order valence-electron chi connectivity index (χ3n) is 3.66. The van der Waals surface area contributed by atoms with Crippen molar-refractivity contribution in [3.63, 3.8) is 0 Å². The number of nitro groups is 1. The van der Waals surface area contributed by atoms with E-state index in [4.69, 9.17) is 0 Å². The van der Waals surface area contributed by atoms with E-state index >= 15 is 0 Å². The minimum atomic E-state index is -0.657. The van der Waals surface area contributed by atoms with Crippen molar-refractivity contribution < 1.29 is 14.1 Å². The molecule has 6 heteroatoms. The number of carbonyl (C=O) groups excluding carboxylic acids is 1. The third-order valence-corrected chi connectivity index (χ3v) is 3.66. The molecule has 1 saturated heterocycles. The zero-order valence-electron chi connectivity index (χ0n) is 10.8. The second kappa shape index (κ2) is 4.95. The molecule has 0 bridgehead atoms. The minimum absolute atomic E-state index is 0.175. The summed E-state index contributed by atoms with van der Waals surface area (Å²) >= 11 is 0. The van der Waals surface area contributed by atoms with Gasteiger partial charge in [-0.1, -0.05) is 13.8 Å². The molecule has 19 heavy (non-hydrogen) atoms. The van der Waals surface area contributed by atoms with Gasteiger partial charge in [-0.15, -0.1) is 0 Å². The highest BCUT2D eigenvalue weighted by Crippen LogP contribution is 2.27. The van der Waals surface area contributed by atoms with E-state index in [1.54, 1.807) is 4.90 Å². The topological polar surface area (TPSA) is 63.5 Å². The summed E-state index contributed by atoms with van der Waals surface area (Å²) in [5, 5.41) is 10.9. The summed E-state index contributed by atoms with van der Waals surface area (Å²) < 4.78 is 13.2. The van der Waals surface area contributed by atoms with E-state index < -0.39 is 16.6 Å². The molecule has 1 aliphatic rings. The molecule has 0 spiro atoms. The van der Waals surface area contributed by atoms with Crippen molar-refractivity contribution in [3.05, 3.63) is 39.7 Å². The largest absolute Gasteiger partial charge is 0.338 e. The second-order valence-corrected chi connectivity index (χ2v) is 5.08. The average Bonchev–Trinajstić information content (AvgIpc) is 2.68. The number of rotatable bonds is 2. The quantitative estimate of drug-likeness (QED) is 0.610. The fourth-order valence-corrected chi connectivity index (χ4v) is 2.30. The zero-order chi connectivity index (χ0) is 14.2. The molecule has 1 amide bonds. The van der Waals surface area contributed by atoms with Gasteiger partial charge in [0.15, 0.2) is 0 Å². The molecule has 1 aromatic carbocycles. The van der Waals surface area contributed by atoms with Crippen LogP contribution < -0.4 is 0 Å². The fraction of sp³-hybridized carbons (Fsp3) is 0.462. The van der Waals surface area contributed by atoms with Crippen molar-refractivity contribution in [2.75, 3.05) is 13.1 Å². The zero-order valence-corrected chi connectivity index (χ0v) is 10.8. The highest BCUT2D eigenvalue weighted by Gasteiger charge is 2.33. The highest BCUT2D eigenvalue weighted by molar-refractivity contribution is 5.98. The molecule has 1 aromatic rings. The molecule has 0 saturated carbocycles. The van der Waals surface area contributed by atoms with E-state index in [0.717, 1.165) is 18.2 Å². The molecule has 2 atom stereocenters. The molecule has 2 rings (SSSR count). The van der Waals surface area contributed by atoms with E-state index in [9.17, 15) is 19.3 Å². The maximum Gasteiger partial charge on any atom is 0.282 e. The highest BCUT2D eigenvalue weighted by atomic mass is 19.1. The number of nitro benzene ring substituents is 1. The van der Waals surface area contributed by atoms with Crippen molar-refractivity contribution in [1.29, 1.82) is 0 Å². The smallest absolute Gasteiger partial charge is 0.282 e. The predicted molar refractivity (Wildman–Crippen MR) is 67.3 cm³/mol. The SMILES string of the molecule is CC1CN(C(=O)c2cc(F)ccc2[N+](=O)[O-])CC1C. The van der Waals surface area contributed by atoms with Crippen LogP contribution >= 0.6 is 0 Å². The van der Waals surface area contributed by atoms with Crippen LogP contribution in [0.3, 0.4) is 0 Å². The standard InChI is InChI=1S/C13H15FN2O3/c1-8-6-15(7-9(8)2)13(17)11-5-10(14)3-4-12(11)16(18)19/h3-5,8-9H,6-7H2,1-2H3. The number of carbonyl (C=O) groups is 1. The lowest BCUT2D eigenvalue weighted by Gasteiger charge is -2.16. The van der Waals surface area contributed by atoms with Crippen LogP contribution in [0, 0.1) is 27.8 Å². The lowest BCUT2D eigenvalue weighted by molar-refractivity contribution is -0.385. The van der Waals surface area contributed by atoms with E-state index in [0.29, 0.717) is 24.9 Å². The number of nitrogens with zero attached hydrogens (tertiary/aromatic N) is 2. The van der Waals surface area contributed by atoms with Gasteiger partial charge in [-0.05, 0) is 24.0 Å². The molecule has 1 fully saturated rings. The Morgan fingerprint density at radius 3 is 2.47 bits per heavy atom. The molecular weight excluding hydrogens is 251 g/mol. The number of benzene rings is 1. The summed E-state index contributed by atoms with van der Waals surface area (Å²) in [4.78, 5) is 24.1. The fourth-order valence-electron chi connectivity index (χ4n) is 2.30. The van der Waals surface area contributed by atoms with Crippen LogP contribution in [0.5, 0.6) is 0 Å². The Balaban J connectivity index is 2.33. The second-order valence-electron chi connectivity index (χ2n) is 5.08. The van der Waals surface area contributed by atoms with Crippen molar-refractivity contribution in [2.24, 2.45) is 11.8 Å². The number of amides is 1. The molecule has 0 aromatic heterocycles. The van der Waals surface area contributed by atoms with Gasteiger partial charge < -0.3 is 4.90 Å². The molecule has 1 aliphatic heterocycles. The predicted octanol–water partition coefficient (Wildman–Crippen LogP) is 2.46. The number of hydrogen-bond donors (Lipinski definition) is 0. The van der Waals surface area contributed by atoms with Gasteiger partial charge in [-0.25, -0.2) is 4.39 Å². The number of halogens is 1. The maximum atomic E-state index is 13.2. The first-order valence-corrected chi connectivity index (χ1v) is 6.13. The minimum Gasteiger partial charge on any atom is -0.338 e. The Morgan fingerprint density at radius 1 is 1.37 bits per heavy atom. The van der Waals surface area contributed by atoms with Crippen LogP contribution in [0.2, 0.25) is 0 Å². The summed E-state index contributed by atoms with van der Waals surface area (Å²) in [7, 11) is 0. The van der Waals surface area contributed by atoms with Gasteiger partial charge in [0.2, 0.25) is 0 Å². The average molecular weight is 266 g/mol. The first kappa shape index (κ1) is 13.5. The third kappa shape index (κ3) is 2.57. The molecule has 5 nitrogen and oxygen atoms in total. The van der Waals surface area contributed by atoms with Crippen molar-refractivity contribution in [2.45, 2.75) is 13.8 Å². The first-order valence-electron chi connectivity index (χ1n) is 6.13. The van der Waals surface area contributed by atoms with Crippen LogP contribution in [0.15, 0.2) is 18.2 Å². The Labute approximate surface area is 110 Å². The molecule has 2 unspecified atom stereocenters. The van der Waals surface area contributed by atoms with Crippen LogP contribution in [0.4, 0.5) is 10.1 Å². The Kier molecular flexibility index (Phi) is 3.50.